The molecule has 0 unspecified atom stereocenters. The van der Waals surface area contributed by atoms with Gasteiger partial charge in [0.15, 0.2) is 0 Å². The Morgan fingerprint density at radius 2 is 1.88 bits per heavy atom. The predicted octanol–water partition coefficient (Wildman–Crippen LogP) is 4.46. The van der Waals surface area contributed by atoms with Crippen molar-refractivity contribution < 1.29 is 5.11 Å². The van der Waals surface area contributed by atoms with Gasteiger partial charge in [-0.25, -0.2) is 0 Å². The summed E-state index contributed by atoms with van der Waals surface area (Å²) in [6.07, 6.45) is 6.09. The first-order valence-corrected chi connectivity index (χ1v) is 6.38. The summed E-state index contributed by atoms with van der Waals surface area (Å²) < 4.78 is 0. The second-order valence-electron chi connectivity index (χ2n) is 5.13. The van der Waals surface area contributed by atoms with Gasteiger partial charge in [-0.3, -0.25) is 0 Å². The minimum Gasteiger partial charge on any atom is -0.508 e. The molecule has 1 aromatic carbocycles. The highest BCUT2D eigenvalue weighted by Gasteiger charge is 2.01. The van der Waals surface area contributed by atoms with Crippen molar-refractivity contribution in [3.8, 4) is 5.75 Å². The number of rotatable bonds is 6. The van der Waals surface area contributed by atoms with Crippen LogP contribution in [0.3, 0.4) is 0 Å². The van der Waals surface area contributed by atoms with E-state index in [1.165, 1.54) is 25.7 Å². The smallest absolute Gasteiger partial charge is 0.119 e. The first-order valence-electron chi connectivity index (χ1n) is 6.38. The SMILES string of the molecule is Cc1ccc(CCCCCC(C)C)c(O)c1. The Balaban J connectivity index is 2.27. The third kappa shape index (κ3) is 4.69. The van der Waals surface area contributed by atoms with E-state index < -0.39 is 0 Å². The molecule has 1 N–H and O–H groups in total. The van der Waals surface area contributed by atoms with Crippen LogP contribution in [0.4, 0.5) is 0 Å². The number of aryl methyl sites for hydroxylation is 2. The van der Waals surface area contributed by atoms with Gasteiger partial charge in [0.25, 0.3) is 0 Å². The first kappa shape index (κ1) is 13.1. The first-order chi connectivity index (χ1) is 7.59. The predicted molar refractivity (Wildman–Crippen MR) is 69.9 cm³/mol. The molecule has 0 aromatic heterocycles. The van der Waals surface area contributed by atoms with E-state index in [1.54, 1.807) is 0 Å². The summed E-state index contributed by atoms with van der Waals surface area (Å²) in [4.78, 5) is 0. The highest BCUT2D eigenvalue weighted by molar-refractivity contribution is 5.35. The van der Waals surface area contributed by atoms with Crippen LogP contribution in [0.25, 0.3) is 0 Å². The number of phenolic OH excluding ortho intramolecular Hbond substituents is 1. The van der Waals surface area contributed by atoms with Gasteiger partial charge < -0.3 is 5.11 Å². The second kappa shape index (κ2) is 6.57. The monoisotopic (exact) mass is 220 g/mol. The van der Waals surface area contributed by atoms with Crippen LogP contribution in [0.2, 0.25) is 0 Å². The van der Waals surface area contributed by atoms with Crippen LogP contribution in [0, 0.1) is 12.8 Å². The summed E-state index contributed by atoms with van der Waals surface area (Å²) in [5.41, 5.74) is 2.22. The standard InChI is InChI=1S/C15H24O/c1-12(2)7-5-4-6-8-14-10-9-13(3)11-15(14)16/h9-12,16H,4-8H2,1-3H3. The fraction of sp³-hybridized carbons (Fsp3) is 0.600. The summed E-state index contributed by atoms with van der Waals surface area (Å²) in [5, 5.41) is 9.74. The molecular weight excluding hydrogens is 196 g/mol. The third-order valence-corrected chi connectivity index (χ3v) is 2.97. The molecule has 0 spiro atoms. The van der Waals surface area contributed by atoms with Crippen LogP contribution in [0.5, 0.6) is 5.75 Å². The Hall–Kier alpha value is -0.980. The minimum absolute atomic E-state index is 0.462. The number of benzene rings is 1. The summed E-state index contributed by atoms with van der Waals surface area (Å²) in [6, 6.07) is 5.97. The maximum atomic E-state index is 9.74. The average Bonchev–Trinajstić information content (AvgIpc) is 2.20. The molecule has 1 heteroatoms. The molecule has 0 heterocycles. The van der Waals surface area contributed by atoms with E-state index in [0.717, 1.165) is 23.5 Å². The molecule has 0 radical (unpaired) electrons. The van der Waals surface area contributed by atoms with Gasteiger partial charge >= 0.3 is 0 Å². The lowest BCUT2D eigenvalue weighted by atomic mass is 10.0. The molecule has 0 aliphatic heterocycles. The molecule has 90 valence electrons. The minimum atomic E-state index is 0.462. The van der Waals surface area contributed by atoms with Crippen molar-refractivity contribution in [2.45, 2.75) is 52.9 Å². The van der Waals surface area contributed by atoms with E-state index in [9.17, 15) is 5.11 Å². The van der Waals surface area contributed by atoms with Gasteiger partial charge in [-0.15, -0.1) is 0 Å². The summed E-state index contributed by atoms with van der Waals surface area (Å²) >= 11 is 0. The number of hydrogen-bond donors (Lipinski definition) is 1. The molecule has 0 aliphatic rings. The van der Waals surface area contributed by atoms with Crippen molar-refractivity contribution in [1.82, 2.24) is 0 Å². The van der Waals surface area contributed by atoms with Crippen molar-refractivity contribution in [3.63, 3.8) is 0 Å². The molecular formula is C15H24O. The van der Waals surface area contributed by atoms with E-state index in [4.69, 9.17) is 0 Å². The van der Waals surface area contributed by atoms with Gasteiger partial charge in [-0.2, -0.15) is 0 Å². The lowest BCUT2D eigenvalue weighted by Gasteiger charge is -2.06. The Morgan fingerprint density at radius 1 is 1.12 bits per heavy atom. The number of hydrogen-bond acceptors (Lipinski definition) is 1. The van der Waals surface area contributed by atoms with Gasteiger partial charge in [0.05, 0.1) is 0 Å². The van der Waals surface area contributed by atoms with E-state index in [-0.39, 0.29) is 0 Å². The van der Waals surface area contributed by atoms with E-state index >= 15 is 0 Å². The average molecular weight is 220 g/mol. The van der Waals surface area contributed by atoms with Crippen molar-refractivity contribution in [2.24, 2.45) is 5.92 Å². The Morgan fingerprint density at radius 3 is 2.50 bits per heavy atom. The van der Waals surface area contributed by atoms with Crippen molar-refractivity contribution in [1.29, 1.82) is 0 Å². The van der Waals surface area contributed by atoms with Gasteiger partial charge in [-0.1, -0.05) is 45.2 Å². The van der Waals surface area contributed by atoms with Crippen LogP contribution >= 0.6 is 0 Å². The molecule has 1 nitrogen and oxygen atoms in total. The topological polar surface area (TPSA) is 20.2 Å². The van der Waals surface area contributed by atoms with E-state index in [1.807, 2.05) is 19.1 Å². The van der Waals surface area contributed by atoms with Crippen molar-refractivity contribution in [3.05, 3.63) is 29.3 Å². The summed E-state index contributed by atoms with van der Waals surface area (Å²) in [6.45, 7) is 6.55. The molecule has 0 amide bonds. The molecule has 0 aliphatic carbocycles. The Bertz CT molecular complexity index is 315. The fourth-order valence-corrected chi connectivity index (χ4v) is 1.93. The van der Waals surface area contributed by atoms with Crippen molar-refractivity contribution in [2.75, 3.05) is 0 Å². The normalized spacial score (nSPS) is 11.0. The molecule has 0 fully saturated rings. The zero-order valence-corrected chi connectivity index (χ0v) is 10.8. The zero-order chi connectivity index (χ0) is 12.0. The Kier molecular flexibility index (Phi) is 5.37. The number of phenols is 1. The zero-order valence-electron chi connectivity index (χ0n) is 10.8. The van der Waals surface area contributed by atoms with Crippen molar-refractivity contribution >= 4 is 0 Å². The highest BCUT2D eigenvalue weighted by Crippen LogP contribution is 2.21. The molecule has 0 bridgehead atoms. The molecule has 0 atom stereocenters. The molecule has 0 saturated heterocycles. The van der Waals surface area contributed by atoms with Crippen LogP contribution in [0.1, 0.15) is 50.7 Å². The fourth-order valence-electron chi connectivity index (χ4n) is 1.93. The maximum Gasteiger partial charge on any atom is 0.119 e. The van der Waals surface area contributed by atoms with Gasteiger partial charge in [-0.05, 0) is 42.9 Å². The van der Waals surface area contributed by atoms with Gasteiger partial charge in [0, 0.05) is 0 Å². The lowest BCUT2D eigenvalue weighted by molar-refractivity contribution is 0.464. The molecule has 1 aromatic rings. The van der Waals surface area contributed by atoms with Crippen LogP contribution in [0.15, 0.2) is 18.2 Å². The summed E-state index contributed by atoms with van der Waals surface area (Å²) in [7, 11) is 0. The second-order valence-corrected chi connectivity index (χ2v) is 5.13. The molecule has 16 heavy (non-hydrogen) atoms. The number of unbranched alkanes of at least 4 members (excludes halogenated alkanes) is 2. The third-order valence-electron chi connectivity index (χ3n) is 2.97. The quantitative estimate of drug-likeness (QED) is 0.702. The summed E-state index contributed by atoms with van der Waals surface area (Å²) in [5.74, 6) is 1.27. The maximum absolute atomic E-state index is 9.74. The van der Waals surface area contributed by atoms with Crippen LogP contribution in [-0.2, 0) is 6.42 Å². The largest absolute Gasteiger partial charge is 0.508 e. The lowest BCUT2D eigenvalue weighted by Crippen LogP contribution is -1.90. The molecule has 0 saturated carbocycles. The van der Waals surface area contributed by atoms with Gasteiger partial charge in [0.1, 0.15) is 5.75 Å². The van der Waals surface area contributed by atoms with Crippen LogP contribution < -0.4 is 0 Å². The van der Waals surface area contributed by atoms with E-state index in [2.05, 4.69) is 19.9 Å². The Labute approximate surface area is 99.5 Å². The van der Waals surface area contributed by atoms with Crippen LogP contribution in [-0.4, -0.2) is 5.11 Å². The molecule has 1 rings (SSSR count). The van der Waals surface area contributed by atoms with Gasteiger partial charge in [0.2, 0.25) is 0 Å². The van der Waals surface area contributed by atoms with E-state index in [0.29, 0.717) is 5.75 Å². The highest BCUT2D eigenvalue weighted by atomic mass is 16.3. The number of aromatic hydroxyl groups is 1.